The smallest absolute Gasteiger partial charge is 0.269 e. The highest BCUT2D eigenvalue weighted by Gasteiger charge is 2.32. The van der Waals surface area contributed by atoms with Crippen LogP contribution in [0.4, 0.5) is 5.69 Å². The van der Waals surface area contributed by atoms with Crippen molar-refractivity contribution >= 4 is 16.6 Å². The maximum absolute atomic E-state index is 11.1. The third kappa shape index (κ3) is 2.20. The molecule has 0 fully saturated rings. The molecular weight excluding hydrogens is 320 g/mol. The molecule has 1 aliphatic heterocycles. The zero-order valence-corrected chi connectivity index (χ0v) is 12.9. The van der Waals surface area contributed by atoms with Crippen molar-refractivity contribution in [1.82, 2.24) is 4.98 Å². The number of nitrogens with zero attached hydrogens (tertiary/aromatic N) is 2. The standard InChI is InChI=1S/C18H12N4O3/c19-9-14-15(11-2-1-3-12(8-11)22(23)24)13-5-4-10-6-7-21-16(10)17(13)25-18(14)20/h1-8,15,21H,20H2. The average molecular weight is 332 g/mol. The summed E-state index contributed by atoms with van der Waals surface area (Å²) in [5, 5.41) is 21.6. The van der Waals surface area contributed by atoms with Crippen molar-refractivity contribution in [3.8, 4) is 11.8 Å². The molecule has 1 aromatic heterocycles. The highest BCUT2D eigenvalue weighted by atomic mass is 16.6. The number of non-ortho nitro benzene ring substituents is 1. The van der Waals surface area contributed by atoms with E-state index in [-0.39, 0.29) is 17.1 Å². The van der Waals surface area contributed by atoms with E-state index in [0.29, 0.717) is 11.3 Å². The van der Waals surface area contributed by atoms with Gasteiger partial charge in [0.1, 0.15) is 11.6 Å². The largest absolute Gasteiger partial charge is 0.438 e. The fraction of sp³-hybridized carbons (Fsp3) is 0.0556. The summed E-state index contributed by atoms with van der Waals surface area (Å²) in [5.41, 5.74) is 8.30. The molecule has 0 saturated heterocycles. The number of H-pyrrole nitrogens is 1. The zero-order chi connectivity index (χ0) is 17.6. The Labute approximate surface area is 142 Å². The maximum Gasteiger partial charge on any atom is 0.269 e. The SMILES string of the molecule is N#CC1=C(N)Oc2c(ccc3cc[nH]c23)C1c1cccc([N+](=O)[O-])c1. The Kier molecular flexibility index (Phi) is 3.18. The van der Waals surface area contributed by atoms with Crippen LogP contribution in [-0.4, -0.2) is 9.91 Å². The number of allylic oxidation sites excluding steroid dienone is 1. The Morgan fingerprint density at radius 1 is 1.28 bits per heavy atom. The fourth-order valence-corrected chi connectivity index (χ4v) is 3.20. The summed E-state index contributed by atoms with van der Waals surface area (Å²) in [6.07, 6.45) is 1.79. The van der Waals surface area contributed by atoms with Crippen molar-refractivity contribution in [2.24, 2.45) is 5.73 Å². The molecule has 3 N–H and O–H groups in total. The summed E-state index contributed by atoms with van der Waals surface area (Å²) in [4.78, 5) is 13.8. The molecule has 1 unspecified atom stereocenters. The first-order valence-corrected chi connectivity index (χ1v) is 7.52. The van der Waals surface area contributed by atoms with E-state index in [0.717, 1.165) is 16.5 Å². The van der Waals surface area contributed by atoms with Gasteiger partial charge in [-0.05, 0) is 11.6 Å². The lowest BCUT2D eigenvalue weighted by Crippen LogP contribution is -2.21. The van der Waals surface area contributed by atoms with Crippen molar-refractivity contribution in [1.29, 1.82) is 5.26 Å². The molecule has 2 heterocycles. The number of aromatic nitrogens is 1. The molecule has 7 nitrogen and oxygen atoms in total. The van der Waals surface area contributed by atoms with E-state index in [1.807, 2.05) is 18.2 Å². The van der Waals surface area contributed by atoms with Gasteiger partial charge < -0.3 is 15.5 Å². The van der Waals surface area contributed by atoms with E-state index >= 15 is 0 Å². The van der Waals surface area contributed by atoms with Crippen molar-refractivity contribution in [2.45, 2.75) is 5.92 Å². The number of nitrogens with one attached hydrogen (secondary N) is 1. The zero-order valence-electron chi connectivity index (χ0n) is 12.9. The Hall–Kier alpha value is -3.79. The molecule has 0 spiro atoms. The lowest BCUT2D eigenvalue weighted by atomic mass is 9.83. The summed E-state index contributed by atoms with van der Waals surface area (Å²) in [7, 11) is 0. The Morgan fingerprint density at radius 2 is 2.12 bits per heavy atom. The average Bonchev–Trinajstić information content (AvgIpc) is 3.10. The molecule has 7 heteroatoms. The van der Waals surface area contributed by atoms with Gasteiger partial charge in [0.15, 0.2) is 5.75 Å². The van der Waals surface area contributed by atoms with Crippen LogP contribution >= 0.6 is 0 Å². The van der Waals surface area contributed by atoms with Gasteiger partial charge in [0.05, 0.1) is 16.4 Å². The molecule has 3 aromatic rings. The van der Waals surface area contributed by atoms with Crippen LogP contribution in [0.3, 0.4) is 0 Å². The van der Waals surface area contributed by atoms with Gasteiger partial charge in [-0.25, -0.2) is 0 Å². The van der Waals surface area contributed by atoms with Crippen LogP contribution in [0.2, 0.25) is 0 Å². The van der Waals surface area contributed by atoms with E-state index in [1.165, 1.54) is 12.1 Å². The highest BCUT2D eigenvalue weighted by Crippen LogP contribution is 2.45. The Balaban J connectivity index is 1.99. The molecule has 0 amide bonds. The number of nitro benzene ring substituents is 1. The van der Waals surface area contributed by atoms with E-state index in [2.05, 4.69) is 11.1 Å². The number of rotatable bonds is 2. The molecule has 0 aliphatic carbocycles. The summed E-state index contributed by atoms with van der Waals surface area (Å²) in [6, 6.07) is 14.0. The first kappa shape index (κ1) is 14.8. The van der Waals surface area contributed by atoms with Gasteiger partial charge in [-0.1, -0.05) is 24.3 Å². The third-order valence-electron chi connectivity index (χ3n) is 4.32. The van der Waals surface area contributed by atoms with Crippen LogP contribution in [-0.2, 0) is 0 Å². The lowest BCUT2D eigenvalue weighted by Gasteiger charge is -2.26. The van der Waals surface area contributed by atoms with Crippen LogP contribution in [0.15, 0.2) is 60.1 Å². The Morgan fingerprint density at radius 3 is 2.88 bits per heavy atom. The van der Waals surface area contributed by atoms with Crippen LogP contribution in [0.5, 0.6) is 5.75 Å². The molecular formula is C18H12N4O3. The third-order valence-corrected chi connectivity index (χ3v) is 4.32. The molecule has 0 radical (unpaired) electrons. The van der Waals surface area contributed by atoms with Gasteiger partial charge >= 0.3 is 0 Å². The van der Waals surface area contributed by atoms with Gasteiger partial charge in [0.25, 0.3) is 5.69 Å². The molecule has 1 aliphatic rings. The number of aromatic amines is 1. The summed E-state index contributed by atoms with van der Waals surface area (Å²) >= 11 is 0. The monoisotopic (exact) mass is 332 g/mol. The van der Waals surface area contributed by atoms with E-state index < -0.39 is 10.8 Å². The van der Waals surface area contributed by atoms with Gasteiger partial charge in [-0.3, -0.25) is 10.1 Å². The highest BCUT2D eigenvalue weighted by molar-refractivity contribution is 5.88. The quantitative estimate of drug-likeness (QED) is 0.551. The number of hydrogen-bond acceptors (Lipinski definition) is 5. The number of nitrogens with two attached hydrogens (primary N) is 1. The molecule has 122 valence electrons. The fourth-order valence-electron chi connectivity index (χ4n) is 3.20. The van der Waals surface area contributed by atoms with Crippen molar-refractivity contribution < 1.29 is 9.66 Å². The van der Waals surface area contributed by atoms with Crippen molar-refractivity contribution in [3.05, 3.63) is 81.4 Å². The number of nitro groups is 1. The number of benzene rings is 2. The van der Waals surface area contributed by atoms with Gasteiger partial charge in [-0.2, -0.15) is 5.26 Å². The van der Waals surface area contributed by atoms with Crippen molar-refractivity contribution in [2.75, 3.05) is 0 Å². The summed E-state index contributed by atoms with van der Waals surface area (Å²) in [5.74, 6) is 0.0189. The second kappa shape index (κ2) is 5.39. The molecule has 2 aromatic carbocycles. The van der Waals surface area contributed by atoms with Crippen LogP contribution in [0.25, 0.3) is 10.9 Å². The summed E-state index contributed by atoms with van der Waals surface area (Å²) < 4.78 is 5.71. The van der Waals surface area contributed by atoms with Gasteiger partial charge in [0, 0.05) is 29.3 Å². The van der Waals surface area contributed by atoms with Crippen LogP contribution < -0.4 is 10.5 Å². The van der Waals surface area contributed by atoms with Gasteiger partial charge in [-0.15, -0.1) is 0 Å². The number of nitriles is 1. The lowest BCUT2D eigenvalue weighted by molar-refractivity contribution is -0.384. The number of fused-ring (bicyclic) bond motifs is 3. The topological polar surface area (TPSA) is 118 Å². The maximum atomic E-state index is 11.1. The van der Waals surface area contributed by atoms with Crippen LogP contribution in [0.1, 0.15) is 17.0 Å². The molecule has 4 rings (SSSR count). The number of ether oxygens (including phenoxy) is 1. The number of hydrogen-bond donors (Lipinski definition) is 2. The second-order valence-corrected chi connectivity index (χ2v) is 5.70. The molecule has 0 saturated carbocycles. The van der Waals surface area contributed by atoms with E-state index in [1.54, 1.807) is 18.3 Å². The molecule has 0 bridgehead atoms. The first-order chi connectivity index (χ1) is 12.1. The Bertz CT molecular complexity index is 1090. The normalized spacial score (nSPS) is 16.2. The van der Waals surface area contributed by atoms with E-state index in [9.17, 15) is 15.4 Å². The predicted octanol–water partition coefficient (Wildman–Crippen LogP) is 3.29. The second-order valence-electron chi connectivity index (χ2n) is 5.70. The van der Waals surface area contributed by atoms with Crippen LogP contribution in [0, 0.1) is 21.4 Å². The van der Waals surface area contributed by atoms with Gasteiger partial charge in [0.2, 0.25) is 5.88 Å². The minimum absolute atomic E-state index is 0.00797. The minimum Gasteiger partial charge on any atom is -0.438 e. The molecule has 25 heavy (non-hydrogen) atoms. The van der Waals surface area contributed by atoms with Crippen molar-refractivity contribution in [3.63, 3.8) is 0 Å². The summed E-state index contributed by atoms with van der Waals surface area (Å²) in [6.45, 7) is 0. The minimum atomic E-state index is -0.527. The first-order valence-electron chi connectivity index (χ1n) is 7.52. The van der Waals surface area contributed by atoms with E-state index in [4.69, 9.17) is 10.5 Å². The molecule has 1 atom stereocenters. The predicted molar refractivity (Wildman–Crippen MR) is 90.7 cm³/mol.